The normalized spacial score (nSPS) is 24.0. The quantitative estimate of drug-likeness (QED) is 0.363. The van der Waals surface area contributed by atoms with Gasteiger partial charge in [-0.3, -0.25) is 14.4 Å². The number of aromatic hydroxyl groups is 1. The van der Waals surface area contributed by atoms with Crippen LogP contribution in [0.3, 0.4) is 0 Å². The molecule has 5 atom stereocenters. The Morgan fingerprint density at radius 1 is 1.14 bits per heavy atom. The number of rotatable bonds is 7. The molecule has 2 heterocycles. The summed E-state index contributed by atoms with van der Waals surface area (Å²) in [6, 6.07) is 16.5. The highest BCUT2D eigenvalue weighted by atomic mass is 32.2. The van der Waals surface area contributed by atoms with Crippen molar-refractivity contribution in [3.8, 4) is 5.75 Å². The zero-order valence-corrected chi connectivity index (χ0v) is 24.1. The van der Waals surface area contributed by atoms with Gasteiger partial charge in [-0.25, -0.2) is 4.39 Å². The van der Waals surface area contributed by atoms with Crippen LogP contribution in [-0.4, -0.2) is 66.7 Å². The van der Waals surface area contributed by atoms with Crippen molar-refractivity contribution < 1.29 is 29.0 Å². The standard InChI is InChI=1S/C32H32FN3O5S/c1-18-22(9-6-10-26(18)37)29(39)34-24(15-19-7-4-3-5-8-19)27(38)30(40)35-17-42-32(2)28(35)31(41)36(32)25-14-11-20-16-21(33)12-13-23(20)25/h3-10,12-13,16,24-25,27-28,37-38H,11,14-15,17H2,1-2H3,(H,34,39)/t24-,25-,27-,28+,32?/m0/s1. The van der Waals surface area contributed by atoms with Crippen molar-refractivity contribution in [1.29, 1.82) is 0 Å². The van der Waals surface area contributed by atoms with Gasteiger partial charge in [0.1, 0.15) is 22.5 Å². The summed E-state index contributed by atoms with van der Waals surface area (Å²) in [7, 11) is 0. The van der Waals surface area contributed by atoms with E-state index in [9.17, 15) is 29.0 Å². The Balaban J connectivity index is 1.22. The molecule has 0 saturated carbocycles. The summed E-state index contributed by atoms with van der Waals surface area (Å²) in [5.41, 5.74) is 3.26. The van der Waals surface area contributed by atoms with E-state index in [4.69, 9.17) is 0 Å². The minimum atomic E-state index is -1.62. The third kappa shape index (κ3) is 4.62. The van der Waals surface area contributed by atoms with Gasteiger partial charge in [-0.15, -0.1) is 11.8 Å². The van der Waals surface area contributed by atoms with Crippen LogP contribution in [0.2, 0.25) is 0 Å². The van der Waals surface area contributed by atoms with Crippen LogP contribution in [0.1, 0.15) is 52.0 Å². The number of hydrogen-bond acceptors (Lipinski definition) is 6. The van der Waals surface area contributed by atoms with Crippen LogP contribution < -0.4 is 5.32 Å². The molecule has 8 nitrogen and oxygen atoms in total. The van der Waals surface area contributed by atoms with Crippen molar-refractivity contribution in [2.24, 2.45) is 0 Å². The number of carbonyl (C=O) groups excluding carboxylic acids is 3. The average Bonchev–Trinajstić information content (AvgIpc) is 3.51. The van der Waals surface area contributed by atoms with Crippen molar-refractivity contribution in [3.05, 3.63) is 100 Å². The lowest BCUT2D eigenvalue weighted by molar-refractivity contribution is -0.171. The topological polar surface area (TPSA) is 110 Å². The molecular formula is C32H32FN3O5S. The number of aliphatic hydroxyl groups excluding tert-OH is 1. The van der Waals surface area contributed by atoms with E-state index in [0.29, 0.717) is 18.4 Å². The molecule has 1 unspecified atom stereocenters. The highest BCUT2D eigenvalue weighted by Crippen LogP contribution is 2.56. The molecular weight excluding hydrogens is 557 g/mol. The van der Waals surface area contributed by atoms with Gasteiger partial charge in [0.2, 0.25) is 5.91 Å². The zero-order valence-electron chi connectivity index (χ0n) is 23.3. The fourth-order valence-corrected chi connectivity index (χ4v) is 7.96. The fraction of sp³-hybridized carbons (Fsp3) is 0.344. The molecule has 0 radical (unpaired) electrons. The summed E-state index contributed by atoms with van der Waals surface area (Å²) in [6.45, 7) is 3.55. The number of nitrogens with zero attached hydrogens (tertiary/aromatic N) is 2. The van der Waals surface area contributed by atoms with E-state index < -0.39 is 34.9 Å². The Bertz CT molecular complexity index is 1570. The van der Waals surface area contributed by atoms with Crippen molar-refractivity contribution in [2.75, 3.05) is 5.88 Å². The number of likely N-dealkylation sites (tertiary alicyclic amines) is 1. The van der Waals surface area contributed by atoms with E-state index in [1.807, 2.05) is 37.3 Å². The van der Waals surface area contributed by atoms with Gasteiger partial charge in [-0.05, 0) is 74.1 Å². The van der Waals surface area contributed by atoms with E-state index in [0.717, 1.165) is 16.7 Å². The Morgan fingerprint density at radius 2 is 1.90 bits per heavy atom. The molecule has 10 heteroatoms. The maximum absolute atomic E-state index is 13.8. The number of nitrogens with one attached hydrogen (secondary N) is 1. The first kappa shape index (κ1) is 28.2. The van der Waals surface area contributed by atoms with E-state index in [2.05, 4.69) is 5.32 Å². The largest absolute Gasteiger partial charge is 0.508 e. The molecule has 218 valence electrons. The molecule has 3 aromatic carbocycles. The lowest BCUT2D eigenvalue weighted by Crippen LogP contribution is -2.74. The first-order chi connectivity index (χ1) is 20.1. The number of halogens is 1. The number of phenolic OH excluding ortho intramolecular Hbond substituents is 1. The molecule has 0 aromatic heterocycles. The van der Waals surface area contributed by atoms with Crippen molar-refractivity contribution in [1.82, 2.24) is 15.1 Å². The fourth-order valence-electron chi connectivity index (χ4n) is 6.54. The van der Waals surface area contributed by atoms with Gasteiger partial charge in [0, 0.05) is 11.1 Å². The van der Waals surface area contributed by atoms with E-state index in [1.54, 1.807) is 30.0 Å². The molecule has 0 bridgehead atoms. The van der Waals surface area contributed by atoms with E-state index >= 15 is 0 Å². The molecule has 42 heavy (non-hydrogen) atoms. The van der Waals surface area contributed by atoms with Crippen molar-refractivity contribution >= 4 is 29.5 Å². The summed E-state index contributed by atoms with van der Waals surface area (Å²) < 4.78 is 13.8. The van der Waals surface area contributed by atoms with Gasteiger partial charge in [0.25, 0.3) is 11.8 Å². The van der Waals surface area contributed by atoms with Gasteiger partial charge in [-0.2, -0.15) is 0 Å². The smallest absolute Gasteiger partial charge is 0.255 e. The van der Waals surface area contributed by atoms with Gasteiger partial charge in [-0.1, -0.05) is 42.5 Å². The lowest BCUT2D eigenvalue weighted by Gasteiger charge is -2.55. The number of fused-ring (bicyclic) bond motifs is 2. The van der Waals surface area contributed by atoms with E-state index in [-0.39, 0.29) is 41.4 Å². The second-order valence-corrected chi connectivity index (χ2v) is 12.7. The average molecular weight is 590 g/mol. The second-order valence-electron chi connectivity index (χ2n) is 11.3. The van der Waals surface area contributed by atoms with Crippen LogP contribution in [0.25, 0.3) is 0 Å². The third-order valence-electron chi connectivity index (χ3n) is 8.81. The maximum atomic E-state index is 13.8. The van der Waals surface area contributed by atoms with Crippen molar-refractivity contribution in [3.63, 3.8) is 0 Å². The summed E-state index contributed by atoms with van der Waals surface area (Å²) in [5.74, 6) is -1.49. The number of benzene rings is 3. The van der Waals surface area contributed by atoms with Gasteiger partial charge < -0.3 is 25.3 Å². The number of phenols is 1. The third-order valence-corrected chi connectivity index (χ3v) is 10.2. The number of β-lactam (4-membered cyclic amide) rings is 1. The van der Waals surface area contributed by atoms with Crippen LogP contribution in [0.4, 0.5) is 4.39 Å². The SMILES string of the molecule is Cc1c(O)cccc1C(=O)N[C@@H](Cc1ccccc1)[C@H](O)C(=O)N1CSC2(C)[C@H]1C(=O)N2[C@H]1CCc2cc(F)ccc21. The van der Waals surface area contributed by atoms with Crippen LogP contribution in [0.15, 0.2) is 66.7 Å². The minimum absolute atomic E-state index is 0.0321. The van der Waals surface area contributed by atoms with Crippen molar-refractivity contribution in [2.45, 2.75) is 62.2 Å². The first-order valence-electron chi connectivity index (χ1n) is 14.0. The number of aryl methyl sites for hydroxylation is 1. The van der Waals surface area contributed by atoms with Crippen LogP contribution in [-0.2, 0) is 22.4 Å². The Hall–Kier alpha value is -3.89. The molecule has 1 aliphatic carbocycles. The molecule has 2 saturated heterocycles. The number of aliphatic hydroxyl groups is 1. The lowest BCUT2D eigenvalue weighted by atomic mass is 9.89. The summed E-state index contributed by atoms with van der Waals surface area (Å²) in [6.07, 6.45) is -0.0838. The molecule has 2 fully saturated rings. The highest BCUT2D eigenvalue weighted by Gasteiger charge is 2.67. The predicted molar refractivity (Wildman–Crippen MR) is 156 cm³/mol. The first-order valence-corrected chi connectivity index (χ1v) is 15.0. The molecule has 0 spiro atoms. The summed E-state index contributed by atoms with van der Waals surface area (Å²) in [5, 5.41) is 24.3. The maximum Gasteiger partial charge on any atom is 0.255 e. The number of carbonyl (C=O) groups is 3. The molecule has 3 aliphatic rings. The molecule has 3 N–H and O–H groups in total. The Kier molecular flexibility index (Phi) is 7.22. The number of thioether (sulfide) groups is 1. The highest BCUT2D eigenvalue weighted by molar-refractivity contribution is 8.01. The monoisotopic (exact) mass is 589 g/mol. The zero-order chi connectivity index (χ0) is 29.8. The number of hydrogen-bond donors (Lipinski definition) is 3. The summed E-state index contributed by atoms with van der Waals surface area (Å²) >= 11 is 1.46. The summed E-state index contributed by atoms with van der Waals surface area (Å²) in [4.78, 5) is 43.2. The molecule has 2 aliphatic heterocycles. The van der Waals surface area contributed by atoms with Crippen LogP contribution in [0.5, 0.6) is 5.75 Å². The van der Waals surface area contributed by atoms with Gasteiger partial charge >= 0.3 is 0 Å². The number of amides is 3. The Labute approximate surface area is 247 Å². The Morgan fingerprint density at radius 3 is 2.67 bits per heavy atom. The van der Waals surface area contributed by atoms with Gasteiger partial charge in [0.05, 0.1) is 18.0 Å². The molecule has 3 amide bonds. The van der Waals surface area contributed by atoms with Crippen LogP contribution >= 0.6 is 11.8 Å². The predicted octanol–water partition coefficient (Wildman–Crippen LogP) is 3.69. The molecule has 3 aromatic rings. The van der Waals surface area contributed by atoms with Gasteiger partial charge in [0.15, 0.2) is 6.10 Å². The molecule has 6 rings (SSSR count). The second kappa shape index (κ2) is 10.7. The van der Waals surface area contributed by atoms with E-state index in [1.165, 1.54) is 34.9 Å². The minimum Gasteiger partial charge on any atom is -0.508 e. The van der Waals surface area contributed by atoms with Crippen LogP contribution in [0, 0.1) is 12.7 Å².